The van der Waals surface area contributed by atoms with E-state index in [0.29, 0.717) is 43.7 Å². The number of amides is 2. The summed E-state index contributed by atoms with van der Waals surface area (Å²) in [6.45, 7) is 9.69. The minimum Gasteiger partial charge on any atom is -0.351 e. The van der Waals surface area contributed by atoms with Crippen molar-refractivity contribution in [3.05, 3.63) is 94.3 Å². The summed E-state index contributed by atoms with van der Waals surface area (Å²) in [6.07, 6.45) is 6.05. The van der Waals surface area contributed by atoms with Gasteiger partial charge in [0.15, 0.2) is 0 Å². The van der Waals surface area contributed by atoms with Crippen LogP contribution >= 0.6 is 0 Å². The Kier molecular flexibility index (Phi) is 9.53. The molecule has 1 aliphatic rings. The van der Waals surface area contributed by atoms with Crippen LogP contribution in [0.5, 0.6) is 0 Å². The Morgan fingerprint density at radius 3 is 2.58 bits per heavy atom. The average Bonchev–Trinajstić information content (AvgIpc) is 3.37. The number of rotatable bonds is 11. The van der Waals surface area contributed by atoms with Crippen molar-refractivity contribution >= 4 is 23.7 Å². The van der Waals surface area contributed by atoms with E-state index in [1.54, 1.807) is 17.0 Å². The van der Waals surface area contributed by atoms with E-state index >= 15 is 0 Å². The van der Waals surface area contributed by atoms with Gasteiger partial charge in [0.05, 0.1) is 23.5 Å². The number of anilines is 1. The number of carbonyl (C=O) groups excluding carboxylic acids is 2. The van der Waals surface area contributed by atoms with Gasteiger partial charge < -0.3 is 10.2 Å². The summed E-state index contributed by atoms with van der Waals surface area (Å²) < 4.78 is 1.71. The highest BCUT2D eigenvalue weighted by Gasteiger charge is 2.26. The summed E-state index contributed by atoms with van der Waals surface area (Å²) in [5.74, 6) is -0.216. The number of allylic oxidation sites excluding steroid dienone is 1. The Morgan fingerprint density at radius 1 is 1.07 bits per heavy atom. The first-order valence-corrected chi connectivity index (χ1v) is 14.0. The van der Waals surface area contributed by atoms with Crippen molar-refractivity contribution in [1.82, 2.24) is 20.0 Å². The largest absolute Gasteiger partial charge is 0.351 e. The molecule has 3 aromatic rings. The second-order valence-electron chi connectivity index (χ2n) is 10.3. The molecule has 1 atom stereocenters. The highest BCUT2D eigenvalue weighted by molar-refractivity contribution is 6.00. The number of benzene rings is 2. The van der Waals surface area contributed by atoms with Crippen LogP contribution in [0.1, 0.15) is 64.4 Å². The molecule has 2 heterocycles. The molecule has 0 spiro atoms. The Bertz CT molecular complexity index is 1390. The van der Waals surface area contributed by atoms with E-state index in [0.717, 1.165) is 28.9 Å². The van der Waals surface area contributed by atoms with Gasteiger partial charge in [0.25, 0.3) is 11.8 Å². The zero-order chi connectivity index (χ0) is 28.6. The predicted molar refractivity (Wildman–Crippen MR) is 161 cm³/mol. The fourth-order valence-corrected chi connectivity index (χ4v) is 5.02. The molecule has 0 saturated heterocycles. The topological polar surface area (TPSA) is 82.8 Å². The molecule has 1 unspecified atom stereocenters. The Labute approximate surface area is 237 Å². The van der Waals surface area contributed by atoms with E-state index in [2.05, 4.69) is 34.6 Å². The summed E-state index contributed by atoms with van der Waals surface area (Å²) in [4.78, 5) is 28.8. The van der Waals surface area contributed by atoms with Gasteiger partial charge in [-0.1, -0.05) is 48.9 Å². The number of hydrogen-bond donors (Lipinski definition) is 1. The van der Waals surface area contributed by atoms with E-state index in [4.69, 9.17) is 0 Å². The molecule has 0 saturated carbocycles. The maximum absolute atomic E-state index is 14.1. The number of hydrogen-bond acceptors (Lipinski definition) is 5. The number of carbonyl (C=O) groups is 2. The molecule has 4 rings (SSSR count). The lowest BCUT2D eigenvalue weighted by atomic mass is 10.00. The van der Waals surface area contributed by atoms with Gasteiger partial charge in [-0.25, -0.2) is 0 Å². The van der Waals surface area contributed by atoms with E-state index in [1.165, 1.54) is 5.57 Å². The molecule has 40 heavy (non-hydrogen) atoms. The third-order valence-electron chi connectivity index (χ3n) is 7.36. The molecule has 0 radical (unpaired) electrons. The van der Waals surface area contributed by atoms with Crippen molar-refractivity contribution in [3.8, 4) is 0 Å². The molecule has 0 bridgehead atoms. The lowest BCUT2D eigenvalue weighted by molar-refractivity contribution is 0.0723. The third-order valence-corrected chi connectivity index (χ3v) is 7.36. The van der Waals surface area contributed by atoms with Crippen LogP contribution in [-0.2, 0) is 13.0 Å². The summed E-state index contributed by atoms with van der Waals surface area (Å²) in [5, 5.41) is 13.9. The second kappa shape index (κ2) is 13.2. The molecule has 1 N–H and O–H groups in total. The smallest absolute Gasteiger partial charge is 0.269 e. The summed E-state index contributed by atoms with van der Waals surface area (Å²) in [6, 6.07) is 17.8. The van der Waals surface area contributed by atoms with Crippen molar-refractivity contribution in [3.63, 3.8) is 0 Å². The quantitative estimate of drug-likeness (QED) is 0.364. The van der Waals surface area contributed by atoms with Crippen LogP contribution in [0, 0.1) is 13.8 Å². The normalized spacial score (nSPS) is 13.6. The molecule has 0 aliphatic carbocycles. The SMILES string of the molecule is CCC1=CC=NN(c2ccc(C)cc2C(=O)N(C)C(CCNC(=O)c2cc(C)nn2CC)Cc2ccccc2)C1. The van der Waals surface area contributed by atoms with Gasteiger partial charge in [0.2, 0.25) is 0 Å². The lowest BCUT2D eigenvalue weighted by Crippen LogP contribution is -2.41. The molecule has 8 nitrogen and oxygen atoms in total. The van der Waals surface area contributed by atoms with Crippen LogP contribution in [-0.4, -0.2) is 58.9 Å². The van der Waals surface area contributed by atoms with Gasteiger partial charge in [-0.15, -0.1) is 0 Å². The molecule has 8 heteroatoms. The van der Waals surface area contributed by atoms with Gasteiger partial charge in [-0.2, -0.15) is 10.2 Å². The maximum Gasteiger partial charge on any atom is 0.269 e. The molecule has 1 aliphatic heterocycles. The third kappa shape index (κ3) is 6.86. The molecular weight excluding hydrogens is 500 g/mol. The van der Waals surface area contributed by atoms with Crippen LogP contribution < -0.4 is 10.3 Å². The van der Waals surface area contributed by atoms with Crippen LogP contribution in [0.3, 0.4) is 0 Å². The molecular formula is C32H40N6O2. The number of nitrogens with zero attached hydrogens (tertiary/aromatic N) is 5. The maximum atomic E-state index is 14.1. The van der Waals surface area contributed by atoms with Gasteiger partial charge in [-0.05, 0) is 75.4 Å². The fourth-order valence-electron chi connectivity index (χ4n) is 5.02. The van der Waals surface area contributed by atoms with Crippen LogP contribution in [0.2, 0.25) is 0 Å². The van der Waals surface area contributed by atoms with Crippen molar-refractivity contribution in [2.75, 3.05) is 25.1 Å². The first-order chi connectivity index (χ1) is 19.3. The number of nitrogens with one attached hydrogen (secondary N) is 1. The molecule has 1 aromatic heterocycles. The molecule has 2 aromatic carbocycles. The van der Waals surface area contributed by atoms with Gasteiger partial charge in [-0.3, -0.25) is 19.3 Å². The van der Waals surface area contributed by atoms with Crippen LogP contribution in [0.15, 0.2) is 71.3 Å². The number of aryl methyl sites for hydroxylation is 3. The number of hydrazone groups is 1. The first-order valence-electron chi connectivity index (χ1n) is 14.0. The number of aromatic nitrogens is 2. The Balaban J connectivity index is 1.54. The summed E-state index contributed by atoms with van der Waals surface area (Å²) in [5.41, 5.74) is 6.21. The van der Waals surface area contributed by atoms with Crippen LogP contribution in [0.4, 0.5) is 5.69 Å². The van der Waals surface area contributed by atoms with Crippen LogP contribution in [0.25, 0.3) is 0 Å². The number of likely N-dealkylation sites (N-methyl/N-ethyl adjacent to an activating group) is 1. The minimum atomic E-state index is -0.154. The Hall–Kier alpha value is -4.20. The standard InChI is InChI=1S/C32H40N6O2/c1-6-25-15-18-34-38(22-25)29-14-13-23(3)19-28(29)32(40)36(5)27(21-26-11-9-8-10-12-26)16-17-33-31(39)30-20-24(4)35-37(30)7-2/h8-15,18-20,27H,6-7,16-17,21-22H2,1-5H3,(H,33,39). The zero-order valence-electron chi connectivity index (χ0n) is 24.2. The summed E-state index contributed by atoms with van der Waals surface area (Å²) >= 11 is 0. The monoisotopic (exact) mass is 540 g/mol. The van der Waals surface area contributed by atoms with Gasteiger partial charge in [0.1, 0.15) is 5.69 Å². The van der Waals surface area contributed by atoms with Gasteiger partial charge in [0, 0.05) is 32.4 Å². The van der Waals surface area contributed by atoms with E-state index in [-0.39, 0.29) is 17.9 Å². The van der Waals surface area contributed by atoms with Crippen molar-refractivity contribution in [1.29, 1.82) is 0 Å². The first kappa shape index (κ1) is 28.8. The predicted octanol–water partition coefficient (Wildman–Crippen LogP) is 5.17. The summed E-state index contributed by atoms with van der Waals surface area (Å²) in [7, 11) is 1.86. The zero-order valence-corrected chi connectivity index (χ0v) is 24.2. The lowest BCUT2D eigenvalue weighted by Gasteiger charge is -2.31. The van der Waals surface area contributed by atoms with E-state index in [9.17, 15) is 9.59 Å². The highest BCUT2D eigenvalue weighted by Crippen LogP contribution is 2.27. The van der Waals surface area contributed by atoms with Crippen molar-refractivity contribution in [2.45, 2.75) is 59.5 Å². The van der Waals surface area contributed by atoms with Gasteiger partial charge >= 0.3 is 0 Å². The highest BCUT2D eigenvalue weighted by atomic mass is 16.2. The van der Waals surface area contributed by atoms with Crippen molar-refractivity contribution in [2.24, 2.45) is 5.10 Å². The van der Waals surface area contributed by atoms with Crippen molar-refractivity contribution < 1.29 is 9.59 Å². The average molecular weight is 541 g/mol. The second-order valence-corrected chi connectivity index (χ2v) is 10.3. The molecule has 2 amide bonds. The van der Waals surface area contributed by atoms with E-state index < -0.39 is 0 Å². The van der Waals surface area contributed by atoms with E-state index in [1.807, 2.05) is 80.2 Å². The minimum absolute atomic E-state index is 0.0616. The Morgan fingerprint density at radius 2 is 1.85 bits per heavy atom. The molecule has 0 fully saturated rings. The fraction of sp³-hybridized carbons (Fsp3) is 0.375. The molecule has 210 valence electrons.